The van der Waals surface area contributed by atoms with Crippen molar-refractivity contribution in [2.75, 3.05) is 0 Å². The van der Waals surface area contributed by atoms with E-state index < -0.39 is 0 Å². The van der Waals surface area contributed by atoms with Crippen molar-refractivity contribution in [1.82, 2.24) is 0 Å². The molecule has 112 valence electrons. The lowest BCUT2D eigenvalue weighted by Crippen LogP contribution is -2.02. The Kier molecular flexibility index (Phi) is 15.7. The molecular formula is C15H28O2S2. The molecule has 0 N–H and O–H groups in total. The zero-order valence-electron chi connectivity index (χ0n) is 12.1. The number of hydrogen-bond donors (Lipinski definition) is 0. The predicted molar refractivity (Wildman–Crippen MR) is 88.4 cm³/mol. The fraction of sp³-hybridized carbons (Fsp3) is 0.867. The van der Waals surface area contributed by atoms with Gasteiger partial charge in [-0.2, -0.15) is 0 Å². The Morgan fingerprint density at radius 3 is 2.11 bits per heavy atom. The van der Waals surface area contributed by atoms with E-state index in [1.54, 1.807) is 10.7 Å². The number of rotatable bonds is 13. The summed E-state index contributed by atoms with van der Waals surface area (Å²) in [4.78, 5) is 0. The van der Waals surface area contributed by atoms with Crippen molar-refractivity contribution in [1.29, 1.82) is 0 Å². The molecule has 0 rings (SSSR count). The van der Waals surface area contributed by atoms with Crippen LogP contribution >= 0.6 is 0 Å². The van der Waals surface area contributed by atoms with Crippen molar-refractivity contribution < 1.29 is 8.42 Å². The van der Waals surface area contributed by atoms with Gasteiger partial charge in [0, 0.05) is 10.7 Å². The summed E-state index contributed by atoms with van der Waals surface area (Å²) < 4.78 is 20.8. The molecule has 4 heteroatoms. The second-order valence-electron chi connectivity index (χ2n) is 5.11. The molecule has 0 aromatic rings. The summed E-state index contributed by atoms with van der Waals surface area (Å²) in [5.74, 6) is 0.584. The lowest BCUT2D eigenvalue weighted by atomic mass is 9.94. The Balaban J connectivity index is 3.66. The molecule has 0 heterocycles. The van der Waals surface area contributed by atoms with Crippen LogP contribution in [-0.4, -0.2) is 19.2 Å². The minimum atomic E-state index is 0.555. The highest BCUT2D eigenvalue weighted by Gasteiger charge is 2.06. The van der Waals surface area contributed by atoms with Gasteiger partial charge in [0.25, 0.3) is 0 Å². The zero-order valence-corrected chi connectivity index (χ0v) is 13.8. The molecule has 0 aliphatic rings. The molecule has 0 amide bonds. The minimum absolute atomic E-state index is 0.555. The van der Waals surface area contributed by atoms with Gasteiger partial charge in [-0.05, 0) is 25.2 Å². The molecule has 0 spiro atoms. The third-order valence-corrected chi connectivity index (χ3v) is 4.17. The van der Waals surface area contributed by atoms with E-state index in [4.69, 9.17) is 0 Å². The van der Waals surface area contributed by atoms with E-state index in [-0.39, 0.29) is 0 Å². The highest BCUT2D eigenvalue weighted by atomic mass is 32.1. The fourth-order valence-electron chi connectivity index (χ4n) is 2.30. The van der Waals surface area contributed by atoms with Crippen molar-refractivity contribution in [2.24, 2.45) is 5.92 Å². The van der Waals surface area contributed by atoms with Gasteiger partial charge in [0.15, 0.2) is 0 Å². The first-order valence-corrected chi connectivity index (χ1v) is 9.16. The topological polar surface area (TPSA) is 34.1 Å². The van der Waals surface area contributed by atoms with Gasteiger partial charge in [-0.15, -0.1) is 0 Å². The average Bonchev–Trinajstić information content (AvgIpc) is 2.43. The summed E-state index contributed by atoms with van der Waals surface area (Å²) in [5, 5.41) is 3.48. The Hall–Kier alpha value is -0.220. The van der Waals surface area contributed by atoms with Crippen molar-refractivity contribution in [3.8, 4) is 0 Å². The van der Waals surface area contributed by atoms with Gasteiger partial charge in [0.1, 0.15) is 0 Å². The maximum Gasteiger partial charge on any atom is 0.0841 e. The van der Waals surface area contributed by atoms with Gasteiger partial charge in [-0.25, -0.2) is 8.42 Å². The molecule has 0 bridgehead atoms. The monoisotopic (exact) mass is 304 g/mol. The highest BCUT2D eigenvalue weighted by molar-refractivity contribution is 7.65. The number of unbranched alkanes of at least 4 members (excludes halogenated alkanes) is 6. The van der Waals surface area contributed by atoms with E-state index >= 15 is 0 Å². The summed E-state index contributed by atoms with van der Waals surface area (Å²) in [7, 11) is 0. The first kappa shape index (κ1) is 18.8. The summed E-state index contributed by atoms with van der Waals surface area (Å²) in [6.07, 6.45) is 13.3. The van der Waals surface area contributed by atoms with Crippen LogP contribution in [0.3, 0.4) is 0 Å². The van der Waals surface area contributed by atoms with Crippen LogP contribution in [0.15, 0.2) is 0 Å². The highest BCUT2D eigenvalue weighted by Crippen LogP contribution is 2.18. The minimum Gasteiger partial charge on any atom is -0.213 e. The van der Waals surface area contributed by atoms with Crippen LogP contribution in [0.4, 0.5) is 0 Å². The molecule has 0 saturated heterocycles. The molecule has 0 fully saturated rings. The molecule has 2 nitrogen and oxygen atoms in total. The van der Waals surface area contributed by atoms with Crippen LogP contribution < -0.4 is 0 Å². The Morgan fingerprint density at radius 1 is 0.842 bits per heavy atom. The van der Waals surface area contributed by atoms with Crippen LogP contribution in [0.2, 0.25) is 0 Å². The van der Waals surface area contributed by atoms with Crippen molar-refractivity contribution in [2.45, 2.75) is 77.6 Å². The Labute approximate surface area is 125 Å². The first-order chi connectivity index (χ1) is 9.35. The third-order valence-electron chi connectivity index (χ3n) is 3.47. The molecule has 1 atom stereocenters. The summed E-state index contributed by atoms with van der Waals surface area (Å²) in [6, 6.07) is 0. The molecule has 0 aliphatic carbocycles. The second-order valence-corrected chi connectivity index (χ2v) is 6.17. The second kappa shape index (κ2) is 15.8. The normalized spacial score (nSPS) is 11.8. The maximum absolute atomic E-state index is 10.4. The summed E-state index contributed by atoms with van der Waals surface area (Å²) >= 11 is 1.12. The molecule has 0 aliphatic heterocycles. The van der Waals surface area contributed by atoms with Gasteiger partial charge < -0.3 is 0 Å². The van der Waals surface area contributed by atoms with Gasteiger partial charge >= 0.3 is 0 Å². The number of hydrogen-bond acceptors (Lipinski definition) is 2. The summed E-state index contributed by atoms with van der Waals surface area (Å²) in [5.41, 5.74) is 0. The van der Waals surface area contributed by atoms with Gasteiger partial charge in [-0.3, -0.25) is 0 Å². The zero-order chi connectivity index (χ0) is 14.2. The van der Waals surface area contributed by atoms with Gasteiger partial charge in [-0.1, -0.05) is 58.3 Å². The molecular weight excluding hydrogens is 276 g/mol. The maximum atomic E-state index is 10.4. The molecule has 1 unspecified atom stereocenters. The summed E-state index contributed by atoms with van der Waals surface area (Å²) in [6.45, 7) is 2.24. The van der Waals surface area contributed by atoms with Crippen LogP contribution in [0.5, 0.6) is 0 Å². The van der Waals surface area contributed by atoms with Crippen LogP contribution in [0.1, 0.15) is 77.6 Å². The lowest BCUT2D eigenvalue weighted by Gasteiger charge is -2.12. The van der Waals surface area contributed by atoms with Crippen LogP contribution in [-0.2, 0) is 22.5 Å². The van der Waals surface area contributed by atoms with Crippen molar-refractivity contribution in [3.63, 3.8) is 0 Å². The molecule has 0 aromatic heterocycles. The third kappa shape index (κ3) is 14.0. The van der Waals surface area contributed by atoms with Gasteiger partial charge in [0.05, 0.1) is 22.5 Å². The van der Waals surface area contributed by atoms with E-state index in [1.165, 1.54) is 51.4 Å². The molecule has 0 radical (unpaired) electrons. The smallest absolute Gasteiger partial charge is 0.0841 e. The first-order valence-electron chi connectivity index (χ1n) is 7.55. The van der Waals surface area contributed by atoms with Crippen molar-refractivity contribution in [3.05, 3.63) is 0 Å². The molecule has 0 aromatic carbocycles. The van der Waals surface area contributed by atoms with Crippen molar-refractivity contribution >= 4 is 33.2 Å². The van der Waals surface area contributed by atoms with Crippen LogP contribution in [0.25, 0.3) is 0 Å². The van der Waals surface area contributed by atoms with E-state index in [1.807, 2.05) is 0 Å². The lowest BCUT2D eigenvalue weighted by molar-refractivity contribution is 0.446. The predicted octanol–water partition coefficient (Wildman–Crippen LogP) is 3.94. The Morgan fingerprint density at radius 2 is 1.47 bits per heavy atom. The molecule has 0 saturated carbocycles. The Bertz CT molecular complexity index is 293. The van der Waals surface area contributed by atoms with E-state index in [0.717, 1.165) is 19.3 Å². The van der Waals surface area contributed by atoms with Crippen LogP contribution in [0, 0.1) is 5.92 Å². The SMILES string of the molecule is CCCCCCCCCC(CC=S=O)CCC=S=O. The average molecular weight is 305 g/mol. The van der Waals surface area contributed by atoms with E-state index in [9.17, 15) is 8.42 Å². The van der Waals surface area contributed by atoms with E-state index in [0.29, 0.717) is 28.4 Å². The standard InChI is InChI=1S/C15H28O2S2/c1-2-3-4-5-6-7-8-10-15(12-14-19-17)11-9-13-18-16/h13-15H,2-12H2,1H3. The molecule has 19 heavy (non-hydrogen) atoms. The quantitative estimate of drug-likeness (QED) is 0.381. The largest absolute Gasteiger partial charge is 0.213 e. The van der Waals surface area contributed by atoms with Gasteiger partial charge in [0.2, 0.25) is 0 Å². The fourth-order valence-corrected chi connectivity index (χ4v) is 2.88. The van der Waals surface area contributed by atoms with E-state index in [2.05, 4.69) is 6.92 Å².